The molecule has 2 heterocycles. The summed E-state index contributed by atoms with van der Waals surface area (Å²) >= 11 is 0. The van der Waals surface area contributed by atoms with E-state index in [0.29, 0.717) is 12.0 Å². The quantitative estimate of drug-likeness (QED) is 0.753. The van der Waals surface area contributed by atoms with Gasteiger partial charge in [-0.05, 0) is 70.7 Å². The van der Waals surface area contributed by atoms with Gasteiger partial charge in [-0.3, -0.25) is 14.6 Å². The number of imide groups is 1. The van der Waals surface area contributed by atoms with Crippen LogP contribution in [0.1, 0.15) is 64.5 Å². The predicted molar refractivity (Wildman–Crippen MR) is 124 cm³/mol. The molecule has 1 aliphatic carbocycles. The van der Waals surface area contributed by atoms with Crippen molar-refractivity contribution in [2.24, 2.45) is 5.92 Å². The molecule has 3 amide bonds. The van der Waals surface area contributed by atoms with Crippen LogP contribution in [-0.4, -0.2) is 57.9 Å². The molecule has 0 bridgehead atoms. The molecular formula is C25H36N4O2. The molecule has 2 aliphatic rings. The Morgan fingerprint density at radius 2 is 2.03 bits per heavy atom. The maximum Gasteiger partial charge on any atom is 0.324 e. The SMILES string of the molecule is CCCN1C[C@@H](C(=O)N(C(=O)NC(C)C)C(C)C)C[C@@H]2c3cccc4[nH]cc(c34)C[C@H]21. The number of piperidine rings is 1. The number of H-pyrrole nitrogens is 1. The third-order valence-electron chi connectivity index (χ3n) is 6.82. The summed E-state index contributed by atoms with van der Waals surface area (Å²) in [6.45, 7) is 11.6. The number of fused-ring (bicyclic) bond motifs is 2. The smallest absolute Gasteiger partial charge is 0.324 e. The lowest BCUT2D eigenvalue weighted by Crippen LogP contribution is -2.57. The number of likely N-dealkylation sites (tertiary alicyclic amines) is 1. The molecule has 0 unspecified atom stereocenters. The highest BCUT2D eigenvalue weighted by atomic mass is 16.2. The highest BCUT2D eigenvalue weighted by molar-refractivity contribution is 5.96. The van der Waals surface area contributed by atoms with Gasteiger partial charge in [-0.1, -0.05) is 19.1 Å². The second-order valence-electron chi connectivity index (χ2n) is 9.80. The summed E-state index contributed by atoms with van der Waals surface area (Å²) < 4.78 is 0. The minimum Gasteiger partial charge on any atom is -0.361 e. The second-order valence-corrected chi connectivity index (χ2v) is 9.80. The van der Waals surface area contributed by atoms with Gasteiger partial charge in [-0.15, -0.1) is 0 Å². The molecule has 1 fully saturated rings. The topological polar surface area (TPSA) is 68.4 Å². The average molecular weight is 425 g/mol. The van der Waals surface area contributed by atoms with Gasteiger partial charge in [0.15, 0.2) is 0 Å². The van der Waals surface area contributed by atoms with Gasteiger partial charge in [-0.2, -0.15) is 0 Å². The fourth-order valence-corrected chi connectivity index (χ4v) is 5.62. The molecule has 0 spiro atoms. The van der Waals surface area contributed by atoms with Crippen LogP contribution < -0.4 is 5.32 Å². The number of aromatic nitrogens is 1. The van der Waals surface area contributed by atoms with Crippen molar-refractivity contribution in [2.75, 3.05) is 13.1 Å². The maximum absolute atomic E-state index is 13.7. The Morgan fingerprint density at radius 3 is 2.71 bits per heavy atom. The Morgan fingerprint density at radius 1 is 1.26 bits per heavy atom. The van der Waals surface area contributed by atoms with E-state index in [1.807, 2.05) is 27.7 Å². The van der Waals surface area contributed by atoms with Crippen molar-refractivity contribution in [3.63, 3.8) is 0 Å². The van der Waals surface area contributed by atoms with Crippen LogP contribution in [-0.2, 0) is 11.2 Å². The van der Waals surface area contributed by atoms with Crippen molar-refractivity contribution in [1.82, 2.24) is 20.1 Å². The summed E-state index contributed by atoms with van der Waals surface area (Å²) in [6.07, 6.45) is 5.02. The molecule has 4 rings (SSSR count). The normalized spacial score (nSPS) is 23.3. The number of rotatable bonds is 5. The van der Waals surface area contributed by atoms with E-state index in [0.717, 1.165) is 32.4 Å². The summed E-state index contributed by atoms with van der Waals surface area (Å²) in [5, 5.41) is 4.25. The van der Waals surface area contributed by atoms with E-state index in [1.165, 1.54) is 26.9 Å². The summed E-state index contributed by atoms with van der Waals surface area (Å²) in [7, 11) is 0. The Bertz CT molecular complexity index is 964. The van der Waals surface area contributed by atoms with E-state index in [1.54, 1.807) is 0 Å². The third kappa shape index (κ3) is 3.98. The van der Waals surface area contributed by atoms with E-state index >= 15 is 0 Å². The van der Waals surface area contributed by atoms with Crippen molar-refractivity contribution in [3.8, 4) is 0 Å². The number of carbonyl (C=O) groups excluding carboxylic acids is 2. The lowest BCUT2D eigenvalue weighted by atomic mass is 9.72. The van der Waals surface area contributed by atoms with Gasteiger partial charge >= 0.3 is 6.03 Å². The molecule has 6 nitrogen and oxygen atoms in total. The van der Waals surface area contributed by atoms with Crippen LogP contribution in [0.3, 0.4) is 0 Å². The molecule has 6 heteroatoms. The fraction of sp³-hybridized carbons (Fsp3) is 0.600. The van der Waals surface area contributed by atoms with Gasteiger partial charge in [0.05, 0.1) is 5.92 Å². The Hall–Kier alpha value is -2.34. The van der Waals surface area contributed by atoms with Crippen LogP contribution in [0.5, 0.6) is 0 Å². The first kappa shape index (κ1) is 21.9. The zero-order chi connectivity index (χ0) is 22.3. The first-order valence-electron chi connectivity index (χ1n) is 11.8. The minimum atomic E-state index is -0.280. The molecule has 0 radical (unpaired) electrons. The van der Waals surface area contributed by atoms with Gasteiger partial charge in [0.2, 0.25) is 5.91 Å². The Kier molecular flexibility index (Phi) is 6.11. The number of aromatic amines is 1. The number of carbonyl (C=O) groups is 2. The molecule has 168 valence electrons. The Labute approximate surface area is 185 Å². The van der Waals surface area contributed by atoms with E-state index < -0.39 is 0 Å². The number of benzene rings is 1. The number of nitrogens with zero attached hydrogens (tertiary/aromatic N) is 2. The van der Waals surface area contributed by atoms with Crippen LogP contribution in [0.2, 0.25) is 0 Å². The van der Waals surface area contributed by atoms with E-state index in [-0.39, 0.29) is 29.9 Å². The summed E-state index contributed by atoms with van der Waals surface area (Å²) in [5.74, 6) is 0.0898. The van der Waals surface area contributed by atoms with E-state index in [2.05, 4.69) is 46.5 Å². The highest BCUT2D eigenvalue weighted by Crippen LogP contribution is 2.45. The van der Waals surface area contributed by atoms with Gasteiger partial charge in [-0.25, -0.2) is 4.79 Å². The monoisotopic (exact) mass is 424 g/mol. The van der Waals surface area contributed by atoms with Crippen LogP contribution in [0.15, 0.2) is 24.4 Å². The van der Waals surface area contributed by atoms with Gasteiger partial charge in [0.25, 0.3) is 0 Å². The van der Waals surface area contributed by atoms with Crippen LogP contribution in [0, 0.1) is 5.92 Å². The molecule has 1 saturated heterocycles. The van der Waals surface area contributed by atoms with Crippen LogP contribution in [0.4, 0.5) is 4.79 Å². The molecular weight excluding hydrogens is 388 g/mol. The molecule has 0 saturated carbocycles. The minimum absolute atomic E-state index is 0.00293. The van der Waals surface area contributed by atoms with E-state index in [4.69, 9.17) is 0 Å². The van der Waals surface area contributed by atoms with Gasteiger partial charge in [0, 0.05) is 47.7 Å². The number of nitrogens with one attached hydrogen (secondary N) is 2. The predicted octanol–water partition coefficient (Wildman–Crippen LogP) is 4.26. The zero-order valence-corrected chi connectivity index (χ0v) is 19.4. The lowest BCUT2D eigenvalue weighted by molar-refractivity contribution is -0.136. The first-order valence-corrected chi connectivity index (χ1v) is 11.8. The third-order valence-corrected chi connectivity index (χ3v) is 6.82. The van der Waals surface area contributed by atoms with Crippen molar-refractivity contribution >= 4 is 22.8 Å². The summed E-state index contributed by atoms with van der Waals surface area (Å²) in [4.78, 5) is 33.9. The second kappa shape index (κ2) is 8.65. The van der Waals surface area contributed by atoms with Gasteiger partial charge in [0.1, 0.15) is 0 Å². The molecule has 1 aromatic heterocycles. The number of hydrogen-bond donors (Lipinski definition) is 2. The molecule has 1 aromatic carbocycles. The maximum atomic E-state index is 13.7. The van der Waals surface area contributed by atoms with Crippen molar-refractivity contribution in [3.05, 3.63) is 35.5 Å². The zero-order valence-electron chi connectivity index (χ0n) is 19.4. The average Bonchev–Trinajstić information content (AvgIpc) is 3.12. The van der Waals surface area contributed by atoms with E-state index in [9.17, 15) is 9.59 Å². The number of amides is 3. The van der Waals surface area contributed by atoms with Gasteiger partial charge < -0.3 is 10.3 Å². The van der Waals surface area contributed by atoms with Crippen LogP contribution in [0.25, 0.3) is 10.9 Å². The molecule has 2 N–H and O–H groups in total. The number of urea groups is 1. The van der Waals surface area contributed by atoms with Crippen molar-refractivity contribution in [2.45, 2.75) is 77.9 Å². The number of hydrogen-bond acceptors (Lipinski definition) is 3. The molecule has 3 atom stereocenters. The lowest BCUT2D eigenvalue weighted by Gasteiger charge is -2.47. The highest BCUT2D eigenvalue weighted by Gasteiger charge is 2.44. The molecule has 2 aromatic rings. The largest absolute Gasteiger partial charge is 0.361 e. The standard InChI is InChI=1S/C25H36N4O2/c1-6-10-28-14-18(24(30)29(16(4)5)25(31)27-15(2)3)11-20-19-8-7-9-21-23(19)17(13-26-21)12-22(20)28/h7-9,13,15-16,18,20,22,26H,6,10-12,14H2,1-5H3,(H,27,31)/t18-,20+,22+/m0/s1. The van der Waals surface area contributed by atoms with Crippen molar-refractivity contribution < 1.29 is 9.59 Å². The molecule has 31 heavy (non-hydrogen) atoms. The summed E-state index contributed by atoms with van der Waals surface area (Å²) in [6, 6.07) is 6.44. The van der Waals surface area contributed by atoms with Crippen molar-refractivity contribution in [1.29, 1.82) is 0 Å². The molecule has 1 aliphatic heterocycles. The summed E-state index contributed by atoms with van der Waals surface area (Å²) in [5.41, 5.74) is 3.92. The fourth-order valence-electron chi connectivity index (χ4n) is 5.62. The van der Waals surface area contributed by atoms with Crippen LogP contribution >= 0.6 is 0 Å². The Balaban J connectivity index is 1.67. The first-order chi connectivity index (χ1) is 14.8.